The lowest BCUT2D eigenvalue weighted by Crippen LogP contribution is -2.05. The largest absolute Gasteiger partial charge is 0.478 e. The summed E-state index contributed by atoms with van der Waals surface area (Å²) in [5.74, 6) is -1.17. The first-order valence-electron chi connectivity index (χ1n) is 4.58. The highest BCUT2D eigenvalue weighted by Crippen LogP contribution is 2.24. The number of rotatable bonds is 3. The van der Waals surface area contributed by atoms with Gasteiger partial charge in [0.25, 0.3) is 9.05 Å². The van der Waals surface area contributed by atoms with E-state index in [1.807, 2.05) is 0 Å². The van der Waals surface area contributed by atoms with Gasteiger partial charge in [-0.3, -0.25) is 0 Å². The van der Waals surface area contributed by atoms with Crippen molar-refractivity contribution in [2.75, 3.05) is 0 Å². The van der Waals surface area contributed by atoms with Gasteiger partial charge in [-0.2, -0.15) is 0 Å². The second kappa shape index (κ2) is 4.43. The molecule has 0 aliphatic carbocycles. The fraction of sp³-hybridized carbons (Fsp3) is 0.300. The Balaban J connectivity index is 3.60. The van der Waals surface area contributed by atoms with Gasteiger partial charge in [0.15, 0.2) is 0 Å². The summed E-state index contributed by atoms with van der Waals surface area (Å²) in [5, 5.41) is 8.88. The van der Waals surface area contributed by atoms with Crippen molar-refractivity contribution in [1.82, 2.24) is 0 Å². The van der Waals surface area contributed by atoms with E-state index in [9.17, 15) is 13.2 Å². The van der Waals surface area contributed by atoms with Gasteiger partial charge in [0.2, 0.25) is 0 Å². The summed E-state index contributed by atoms with van der Waals surface area (Å²) in [5.41, 5.74) is 1.00. The van der Waals surface area contributed by atoms with Crippen molar-refractivity contribution in [3.05, 3.63) is 28.8 Å². The Morgan fingerprint density at radius 1 is 1.44 bits per heavy atom. The van der Waals surface area contributed by atoms with Crippen LogP contribution in [0.25, 0.3) is 0 Å². The van der Waals surface area contributed by atoms with Crippen LogP contribution in [0.1, 0.15) is 28.4 Å². The van der Waals surface area contributed by atoms with Crippen molar-refractivity contribution in [2.24, 2.45) is 0 Å². The Morgan fingerprint density at radius 3 is 2.38 bits per heavy atom. The number of hydrogen-bond donors (Lipinski definition) is 1. The summed E-state index contributed by atoms with van der Waals surface area (Å²) in [4.78, 5) is 10.7. The molecule has 0 atom stereocenters. The van der Waals surface area contributed by atoms with Crippen LogP contribution in [0.4, 0.5) is 0 Å². The molecule has 16 heavy (non-hydrogen) atoms. The lowest BCUT2D eigenvalue weighted by molar-refractivity contribution is 0.0696. The van der Waals surface area contributed by atoms with Gasteiger partial charge in [0.1, 0.15) is 0 Å². The minimum Gasteiger partial charge on any atom is -0.478 e. The molecule has 88 valence electrons. The molecule has 0 spiro atoms. The maximum Gasteiger partial charge on any atom is 0.335 e. The number of aryl methyl sites for hydroxylation is 2. The van der Waals surface area contributed by atoms with Crippen LogP contribution in [0.15, 0.2) is 17.0 Å². The Kier molecular flexibility index (Phi) is 3.60. The summed E-state index contributed by atoms with van der Waals surface area (Å²) < 4.78 is 22.5. The lowest BCUT2D eigenvalue weighted by atomic mass is 10.0. The molecule has 0 amide bonds. The highest BCUT2D eigenvalue weighted by Gasteiger charge is 2.19. The number of carboxylic acids is 1. The third-order valence-corrected chi connectivity index (χ3v) is 3.69. The van der Waals surface area contributed by atoms with Crippen molar-refractivity contribution >= 4 is 25.7 Å². The molecule has 0 unspecified atom stereocenters. The van der Waals surface area contributed by atoms with E-state index in [0.29, 0.717) is 17.5 Å². The van der Waals surface area contributed by atoms with Crippen molar-refractivity contribution in [3.8, 4) is 0 Å². The summed E-state index contributed by atoms with van der Waals surface area (Å²) in [6.07, 6.45) is 0.474. The zero-order valence-electron chi connectivity index (χ0n) is 8.82. The summed E-state index contributed by atoms with van der Waals surface area (Å²) in [6, 6.07) is 2.65. The van der Waals surface area contributed by atoms with Crippen LogP contribution < -0.4 is 0 Å². The number of hydrogen-bond acceptors (Lipinski definition) is 3. The first kappa shape index (κ1) is 13.0. The Hall–Kier alpha value is -1.07. The second-order valence-electron chi connectivity index (χ2n) is 3.37. The standard InChI is InChI=1S/C10H11ClO4S/c1-3-7-4-6(2)8(10(12)13)5-9(7)16(11,14)15/h4-5H,3H2,1-2H3,(H,12,13). The number of carbonyl (C=O) groups is 1. The molecule has 0 radical (unpaired) electrons. The van der Waals surface area contributed by atoms with Crippen molar-refractivity contribution in [1.29, 1.82) is 0 Å². The fourth-order valence-corrected chi connectivity index (χ4v) is 2.69. The number of carboxylic acid groups (broad SMARTS) is 1. The average molecular weight is 263 g/mol. The molecular formula is C10H11ClO4S. The Labute approximate surface area is 98.3 Å². The average Bonchev–Trinajstić information content (AvgIpc) is 2.14. The Morgan fingerprint density at radius 2 is 2.00 bits per heavy atom. The number of benzene rings is 1. The highest BCUT2D eigenvalue weighted by molar-refractivity contribution is 8.13. The molecule has 0 aromatic heterocycles. The quantitative estimate of drug-likeness (QED) is 0.848. The lowest BCUT2D eigenvalue weighted by Gasteiger charge is -2.08. The smallest absolute Gasteiger partial charge is 0.335 e. The van der Waals surface area contributed by atoms with E-state index >= 15 is 0 Å². The molecule has 0 aliphatic heterocycles. The molecule has 0 aliphatic rings. The van der Waals surface area contributed by atoms with Gasteiger partial charge in [0.05, 0.1) is 10.5 Å². The van der Waals surface area contributed by atoms with E-state index in [1.165, 1.54) is 0 Å². The minimum atomic E-state index is -3.91. The van der Waals surface area contributed by atoms with Gasteiger partial charge in [-0.1, -0.05) is 13.0 Å². The number of aromatic carboxylic acids is 1. The van der Waals surface area contributed by atoms with Crippen molar-refractivity contribution in [2.45, 2.75) is 25.2 Å². The first-order chi connectivity index (χ1) is 7.27. The molecule has 1 N–H and O–H groups in total. The van der Waals surface area contributed by atoms with Crippen LogP contribution >= 0.6 is 10.7 Å². The summed E-state index contributed by atoms with van der Waals surface area (Å²) in [6.45, 7) is 3.40. The molecule has 0 fully saturated rings. The van der Waals surface area contributed by atoms with E-state index < -0.39 is 15.0 Å². The highest BCUT2D eigenvalue weighted by atomic mass is 35.7. The molecule has 1 rings (SSSR count). The predicted molar refractivity (Wildman–Crippen MR) is 60.6 cm³/mol. The van der Waals surface area contributed by atoms with Crippen LogP contribution in [0.5, 0.6) is 0 Å². The van der Waals surface area contributed by atoms with Gasteiger partial charge >= 0.3 is 5.97 Å². The second-order valence-corrected chi connectivity index (χ2v) is 5.91. The maximum atomic E-state index is 11.3. The van der Waals surface area contributed by atoms with Gasteiger partial charge in [-0.25, -0.2) is 13.2 Å². The summed E-state index contributed by atoms with van der Waals surface area (Å²) >= 11 is 0. The zero-order chi connectivity index (χ0) is 12.5. The molecule has 0 bridgehead atoms. The van der Waals surface area contributed by atoms with E-state index in [2.05, 4.69) is 0 Å². The molecular weight excluding hydrogens is 252 g/mol. The van der Waals surface area contributed by atoms with Gasteiger partial charge in [-0.05, 0) is 30.5 Å². The van der Waals surface area contributed by atoms with Crippen LogP contribution in [-0.2, 0) is 15.5 Å². The third kappa shape index (κ3) is 2.54. The molecule has 6 heteroatoms. The zero-order valence-corrected chi connectivity index (χ0v) is 10.4. The maximum absolute atomic E-state index is 11.3. The topological polar surface area (TPSA) is 71.4 Å². The third-order valence-electron chi connectivity index (χ3n) is 2.28. The van der Waals surface area contributed by atoms with Crippen LogP contribution in [0, 0.1) is 6.92 Å². The van der Waals surface area contributed by atoms with E-state index in [4.69, 9.17) is 15.8 Å². The molecule has 0 saturated heterocycles. The fourth-order valence-electron chi connectivity index (χ4n) is 1.48. The first-order valence-corrected chi connectivity index (χ1v) is 6.89. The van der Waals surface area contributed by atoms with Gasteiger partial charge in [0, 0.05) is 10.7 Å². The number of halogens is 1. The predicted octanol–water partition coefficient (Wildman–Crippen LogP) is 2.18. The minimum absolute atomic E-state index is 0.0450. The monoisotopic (exact) mass is 262 g/mol. The molecule has 0 saturated carbocycles. The van der Waals surface area contributed by atoms with Crippen molar-refractivity contribution < 1.29 is 18.3 Å². The van der Waals surface area contributed by atoms with Crippen LogP contribution in [0.3, 0.4) is 0 Å². The van der Waals surface area contributed by atoms with Crippen LogP contribution in [0.2, 0.25) is 0 Å². The molecule has 1 aromatic carbocycles. The van der Waals surface area contributed by atoms with Crippen LogP contribution in [-0.4, -0.2) is 19.5 Å². The Bertz CT molecular complexity index is 534. The van der Waals surface area contributed by atoms with Gasteiger partial charge in [-0.15, -0.1) is 0 Å². The van der Waals surface area contributed by atoms with E-state index in [1.54, 1.807) is 19.9 Å². The molecule has 0 heterocycles. The normalized spacial score (nSPS) is 11.4. The van der Waals surface area contributed by atoms with Gasteiger partial charge < -0.3 is 5.11 Å². The SMILES string of the molecule is CCc1cc(C)c(C(=O)O)cc1S(=O)(=O)Cl. The van der Waals surface area contributed by atoms with E-state index in [-0.39, 0.29) is 10.5 Å². The molecule has 1 aromatic rings. The molecule has 4 nitrogen and oxygen atoms in total. The van der Waals surface area contributed by atoms with Crippen molar-refractivity contribution in [3.63, 3.8) is 0 Å². The van der Waals surface area contributed by atoms with E-state index in [0.717, 1.165) is 6.07 Å². The summed E-state index contributed by atoms with van der Waals surface area (Å²) in [7, 11) is 1.34.